The van der Waals surface area contributed by atoms with Gasteiger partial charge in [-0.15, -0.1) is 0 Å². The third-order valence-corrected chi connectivity index (χ3v) is 2.86. The van der Waals surface area contributed by atoms with Crippen molar-refractivity contribution in [1.29, 1.82) is 0 Å². The van der Waals surface area contributed by atoms with Crippen molar-refractivity contribution in [2.24, 2.45) is 10.9 Å². The summed E-state index contributed by atoms with van der Waals surface area (Å²) in [6.07, 6.45) is 1.86. The van der Waals surface area contributed by atoms with Crippen molar-refractivity contribution in [3.8, 4) is 0 Å². The number of amides is 1. The van der Waals surface area contributed by atoms with Crippen LogP contribution < -0.4 is 11.1 Å². The molecule has 0 fully saturated rings. The maximum absolute atomic E-state index is 13.1. The predicted molar refractivity (Wildman–Crippen MR) is 73.7 cm³/mol. The van der Waals surface area contributed by atoms with Gasteiger partial charge < -0.3 is 16.3 Å². The number of nitrogens with one attached hydrogen (secondary N) is 1. The van der Waals surface area contributed by atoms with Crippen LogP contribution in [0.15, 0.2) is 27.8 Å². The Bertz CT molecular complexity index is 460. The Morgan fingerprint density at radius 1 is 1.42 bits per heavy atom. The summed E-state index contributed by atoms with van der Waals surface area (Å²) in [6.45, 7) is 0.450. The lowest BCUT2D eigenvalue weighted by Gasteiger charge is -2.05. The van der Waals surface area contributed by atoms with Crippen LogP contribution in [0.25, 0.3) is 0 Å². The lowest BCUT2D eigenvalue weighted by atomic mass is 10.2. The van der Waals surface area contributed by atoms with Gasteiger partial charge in [0.05, 0.1) is 0 Å². The maximum atomic E-state index is 13.1. The van der Waals surface area contributed by atoms with Gasteiger partial charge in [0.2, 0.25) is 0 Å². The van der Waals surface area contributed by atoms with Crippen molar-refractivity contribution in [2.75, 3.05) is 6.54 Å². The van der Waals surface area contributed by atoms with Gasteiger partial charge in [-0.1, -0.05) is 21.1 Å². The number of rotatable bonds is 6. The van der Waals surface area contributed by atoms with Gasteiger partial charge in [0.25, 0.3) is 5.91 Å². The van der Waals surface area contributed by atoms with Crippen molar-refractivity contribution in [3.63, 3.8) is 0 Å². The first-order chi connectivity index (χ1) is 9.02. The first-order valence-corrected chi connectivity index (χ1v) is 6.53. The number of hydrogen-bond acceptors (Lipinski definition) is 3. The molecule has 1 rings (SSSR count). The minimum atomic E-state index is -0.466. The van der Waals surface area contributed by atoms with Crippen LogP contribution in [0.1, 0.15) is 29.6 Å². The first-order valence-electron chi connectivity index (χ1n) is 5.73. The summed E-state index contributed by atoms with van der Waals surface area (Å²) in [5.74, 6) is -0.629. The Labute approximate surface area is 118 Å². The number of oxime groups is 1. The zero-order valence-corrected chi connectivity index (χ0v) is 11.8. The number of carbonyl (C=O) groups excluding carboxylic acids is 1. The van der Waals surface area contributed by atoms with E-state index in [2.05, 4.69) is 26.4 Å². The van der Waals surface area contributed by atoms with E-state index in [4.69, 9.17) is 10.9 Å². The largest absolute Gasteiger partial charge is 0.409 e. The zero-order chi connectivity index (χ0) is 14.3. The molecule has 19 heavy (non-hydrogen) atoms. The van der Waals surface area contributed by atoms with Gasteiger partial charge in [-0.3, -0.25) is 4.79 Å². The van der Waals surface area contributed by atoms with Crippen molar-refractivity contribution in [3.05, 3.63) is 34.1 Å². The summed E-state index contributed by atoms with van der Waals surface area (Å²) in [4.78, 5) is 11.7. The Morgan fingerprint density at radius 2 is 2.16 bits per heavy atom. The second kappa shape index (κ2) is 7.73. The Morgan fingerprint density at radius 3 is 2.79 bits per heavy atom. The molecule has 0 aliphatic carbocycles. The number of unbranched alkanes of at least 4 members (excludes halogenated alkanes) is 1. The second-order valence-electron chi connectivity index (χ2n) is 3.96. The van der Waals surface area contributed by atoms with E-state index >= 15 is 0 Å². The van der Waals surface area contributed by atoms with Crippen LogP contribution in [-0.4, -0.2) is 23.5 Å². The molecule has 1 amide bonds. The van der Waals surface area contributed by atoms with E-state index in [1.54, 1.807) is 6.07 Å². The fourth-order valence-corrected chi connectivity index (χ4v) is 1.94. The molecule has 0 radical (unpaired) electrons. The van der Waals surface area contributed by atoms with Gasteiger partial charge in [0.15, 0.2) is 0 Å². The molecule has 1 aromatic carbocycles. The highest BCUT2D eigenvalue weighted by Gasteiger charge is 2.07. The fraction of sp³-hybridized carbons (Fsp3) is 0.333. The van der Waals surface area contributed by atoms with Crippen molar-refractivity contribution < 1.29 is 14.4 Å². The minimum absolute atomic E-state index is 0.167. The summed E-state index contributed by atoms with van der Waals surface area (Å²) in [5.41, 5.74) is 5.57. The Hall–Kier alpha value is -1.63. The number of hydrogen-bond donors (Lipinski definition) is 3. The number of nitrogens with two attached hydrogens (primary N) is 1. The second-order valence-corrected chi connectivity index (χ2v) is 4.88. The lowest BCUT2D eigenvalue weighted by Crippen LogP contribution is -2.24. The van der Waals surface area contributed by atoms with Crippen LogP contribution in [0, 0.1) is 5.82 Å². The summed E-state index contributed by atoms with van der Waals surface area (Å²) < 4.78 is 13.6. The lowest BCUT2D eigenvalue weighted by molar-refractivity contribution is 0.0952. The van der Waals surface area contributed by atoms with Gasteiger partial charge in [-0.2, -0.15) is 0 Å². The van der Waals surface area contributed by atoms with E-state index in [9.17, 15) is 9.18 Å². The third-order valence-electron chi connectivity index (χ3n) is 2.40. The molecule has 0 bridgehead atoms. The van der Waals surface area contributed by atoms with E-state index in [0.717, 1.165) is 0 Å². The summed E-state index contributed by atoms with van der Waals surface area (Å²) in [5, 5.41) is 13.9. The molecule has 0 aliphatic heterocycles. The maximum Gasteiger partial charge on any atom is 0.251 e. The molecular formula is C12H15BrFN3O2. The fourth-order valence-electron chi connectivity index (χ4n) is 1.47. The van der Waals surface area contributed by atoms with Gasteiger partial charge in [0, 0.05) is 23.0 Å². The average molecular weight is 332 g/mol. The highest BCUT2D eigenvalue weighted by Crippen LogP contribution is 2.14. The molecule has 7 heteroatoms. The highest BCUT2D eigenvalue weighted by atomic mass is 79.9. The predicted octanol–water partition coefficient (Wildman–Crippen LogP) is 2.23. The molecule has 0 aromatic heterocycles. The van der Waals surface area contributed by atoms with E-state index in [0.29, 0.717) is 30.3 Å². The Balaban J connectivity index is 2.35. The minimum Gasteiger partial charge on any atom is -0.409 e. The van der Waals surface area contributed by atoms with E-state index in [-0.39, 0.29) is 17.3 Å². The van der Waals surface area contributed by atoms with Gasteiger partial charge in [-0.25, -0.2) is 4.39 Å². The quantitative estimate of drug-likeness (QED) is 0.245. The zero-order valence-electron chi connectivity index (χ0n) is 10.2. The number of benzene rings is 1. The normalized spacial score (nSPS) is 11.4. The van der Waals surface area contributed by atoms with Gasteiger partial charge in [-0.05, 0) is 31.0 Å². The molecule has 0 saturated heterocycles. The Kier molecular flexibility index (Phi) is 6.27. The first kappa shape index (κ1) is 15.4. The van der Waals surface area contributed by atoms with Crippen LogP contribution in [-0.2, 0) is 0 Å². The topological polar surface area (TPSA) is 87.7 Å². The van der Waals surface area contributed by atoms with Crippen LogP contribution in [0.3, 0.4) is 0 Å². The average Bonchev–Trinajstić information content (AvgIpc) is 2.36. The number of nitrogens with zero attached hydrogens (tertiary/aromatic N) is 1. The molecule has 104 valence electrons. The van der Waals surface area contributed by atoms with Crippen molar-refractivity contribution in [1.82, 2.24) is 5.32 Å². The molecular weight excluding hydrogens is 317 g/mol. The van der Waals surface area contributed by atoms with Crippen LogP contribution in [0.4, 0.5) is 4.39 Å². The molecule has 4 N–H and O–H groups in total. The monoisotopic (exact) mass is 331 g/mol. The smallest absolute Gasteiger partial charge is 0.251 e. The van der Waals surface area contributed by atoms with Crippen LogP contribution >= 0.6 is 15.9 Å². The third kappa shape index (κ3) is 5.69. The summed E-state index contributed by atoms with van der Waals surface area (Å²) in [6, 6.07) is 4.01. The van der Waals surface area contributed by atoms with E-state index in [1.807, 2.05) is 0 Å². The van der Waals surface area contributed by atoms with Gasteiger partial charge >= 0.3 is 0 Å². The SMILES string of the molecule is NC(CCCCNC(=O)c1cc(F)cc(Br)c1)=NO. The number of amidine groups is 1. The standard InChI is InChI=1S/C12H15BrFN3O2/c13-9-5-8(6-10(14)7-9)12(18)16-4-2-1-3-11(15)17-19/h5-7,19H,1-4H2,(H2,15,17)(H,16,18). The molecule has 0 aliphatic rings. The molecule has 0 spiro atoms. The molecule has 0 unspecified atom stereocenters. The number of carbonyl (C=O) groups is 1. The number of halogens is 2. The van der Waals surface area contributed by atoms with Gasteiger partial charge in [0.1, 0.15) is 11.7 Å². The molecule has 0 saturated carbocycles. The molecule has 0 atom stereocenters. The van der Waals surface area contributed by atoms with E-state index < -0.39 is 5.82 Å². The van der Waals surface area contributed by atoms with E-state index in [1.165, 1.54) is 12.1 Å². The highest BCUT2D eigenvalue weighted by molar-refractivity contribution is 9.10. The van der Waals surface area contributed by atoms with Crippen LogP contribution in [0.5, 0.6) is 0 Å². The molecule has 5 nitrogen and oxygen atoms in total. The summed E-state index contributed by atoms with van der Waals surface area (Å²) in [7, 11) is 0. The summed E-state index contributed by atoms with van der Waals surface area (Å²) >= 11 is 3.13. The van der Waals surface area contributed by atoms with Crippen molar-refractivity contribution in [2.45, 2.75) is 19.3 Å². The van der Waals surface area contributed by atoms with Crippen LogP contribution in [0.2, 0.25) is 0 Å². The van der Waals surface area contributed by atoms with Crippen molar-refractivity contribution >= 4 is 27.7 Å². The molecule has 0 heterocycles. The molecule has 1 aromatic rings.